The van der Waals surface area contributed by atoms with Crippen molar-refractivity contribution in [3.8, 4) is 0 Å². The van der Waals surface area contributed by atoms with Crippen LogP contribution in [0.4, 0.5) is 5.69 Å². The molecule has 1 saturated carbocycles. The Balaban J connectivity index is 1.46. The van der Waals surface area contributed by atoms with Crippen molar-refractivity contribution in [1.82, 2.24) is 4.90 Å². The molecule has 2 amide bonds. The molecule has 0 bridgehead atoms. The minimum Gasteiger partial charge on any atom is -0.376 e. The van der Waals surface area contributed by atoms with Gasteiger partial charge in [0.15, 0.2) is 0 Å². The molecule has 2 aromatic rings. The quantitative estimate of drug-likeness (QED) is 0.671. The molecule has 1 aromatic heterocycles. The van der Waals surface area contributed by atoms with Crippen molar-refractivity contribution in [2.45, 2.75) is 57.6 Å². The summed E-state index contributed by atoms with van der Waals surface area (Å²) in [6.45, 7) is 1.94. The van der Waals surface area contributed by atoms with Crippen LogP contribution in [0, 0.1) is 5.92 Å². The van der Waals surface area contributed by atoms with E-state index >= 15 is 0 Å². The van der Waals surface area contributed by atoms with Gasteiger partial charge in [-0.05, 0) is 55.3 Å². The summed E-state index contributed by atoms with van der Waals surface area (Å²) in [6, 6.07) is 11.4. The van der Waals surface area contributed by atoms with Crippen LogP contribution >= 0.6 is 11.3 Å². The molecule has 6 heteroatoms. The van der Waals surface area contributed by atoms with E-state index < -0.39 is 0 Å². The summed E-state index contributed by atoms with van der Waals surface area (Å²) in [5.74, 6) is 0.148. The summed E-state index contributed by atoms with van der Waals surface area (Å²) in [6.07, 6.45) is 7.53. The maximum atomic E-state index is 13.4. The number of rotatable bonds is 7. The standard InChI is InChI=1S/C24H30N2O3S/c27-23(18-7-2-1-3-8-18)25-20-10-4-9-19(15-20)24(28)26(16-21-11-5-13-29-21)17-22-12-6-14-30-22/h4,6,9-10,12,14-15,18,21H,1-3,5,7-8,11,13,16-17H2,(H,25,27). The molecule has 0 radical (unpaired) electrons. The lowest BCUT2D eigenvalue weighted by Crippen LogP contribution is -2.36. The van der Waals surface area contributed by atoms with Crippen molar-refractivity contribution in [3.05, 3.63) is 52.2 Å². The third-order valence-corrected chi connectivity index (χ3v) is 6.88. The number of thiophene rings is 1. The van der Waals surface area contributed by atoms with Crippen molar-refractivity contribution in [2.75, 3.05) is 18.5 Å². The van der Waals surface area contributed by atoms with Gasteiger partial charge in [-0.2, -0.15) is 0 Å². The lowest BCUT2D eigenvalue weighted by atomic mass is 9.88. The smallest absolute Gasteiger partial charge is 0.254 e. The normalized spacial score (nSPS) is 19.5. The number of nitrogens with one attached hydrogen (secondary N) is 1. The number of hydrogen-bond donors (Lipinski definition) is 1. The van der Waals surface area contributed by atoms with E-state index in [0.29, 0.717) is 24.3 Å². The first-order valence-corrected chi connectivity index (χ1v) is 11.9. The molecule has 160 valence electrons. The first-order valence-electron chi connectivity index (χ1n) is 11.0. The second-order valence-electron chi connectivity index (χ2n) is 8.31. The molecule has 1 atom stereocenters. The fraction of sp³-hybridized carbons (Fsp3) is 0.500. The van der Waals surface area contributed by atoms with Gasteiger partial charge in [0.2, 0.25) is 5.91 Å². The number of ether oxygens (including phenoxy) is 1. The molecule has 1 unspecified atom stereocenters. The van der Waals surface area contributed by atoms with Crippen molar-refractivity contribution < 1.29 is 14.3 Å². The van der Waals surface area contributed by atoms with Crippen LogP contribution in [-0.4, -0.2) is 36.0 Å². The predicted octanol–water partition coefficient (Wildman–Crippen LogP) is 5.09. The van der Waals surface area contributed by atoms with Gasteiger partial charge in [-0.15, -0.1) is 11.3 Å². The Morgan fingerprint density at radius 1 is 1.07 bits per heavy atom. The molecule has 1 N–H and O–H groups in total. The molecule has 4 rings (SSSR count). The van der Waals surface area contributed by atoms with Gasteiger partial charge in [-0.1, -0.05) is 31.4 Å². The summed E-state index contributed by atoms with van der Waals surface area (Å²) in [4.78, 5) is 29.0. The minimum absolute atomic E-state index is 0.0207. The highest BCUT2D eigenvalue weighted by Gasteiger charge is 2.25. The Labute approximate surface area is 182 Å². The van der Waals surface area contributed by atoms with Crippen LogP contribution in [0.2, 0.25) is 0 Å². The van der Waals surface area contributed by atoms with Gasteiger partial charge in [-0.3, -0.25) is 9.59 Å². The van der Waals surface area contributed by atoms with Crippen molar-refractivity contribution in [2.24, 2.45) is 5.92 Å². The predicted molar refractivity (Wildman–Crippen MR) is 120 cm³/mol. The second-order valence-corrected chi connectivity index (χ2v) is 9.34. The fourth-order valence-electron chi connectivity index (χ4n) is 4.37. The number of hydrogen-bond acceptors (Lipinski definition) is 4. The zero-order valence-corrected chi connectivity index (χ0v) is 18.2. The maximum Gasteiger partial charge on any atom is 0.254 e. The van der Waals surface area contributed by atoms with Gasteiger partial charge in [0, 0.05) is 35.2 Å². The molecular weight excluding hydrogens is 396 g/mol. The van der Waals surface area contributed by atoms with Crippen LogP contribution < -0.4 is 5.32 Å². The van der Waals surface area contributed by atoms with Crippen LogP contribution in [0.25, 0.3) is 0 Å². The van der Waals surface area contributed by atoms with Crippen molar-refractivity contribution in [3.63, 3.8) is 0 Å². The third-order valence-electron chi connectivity index (χ3n) is 6.02. The van der Waals surface area contributed by atoms with E-state index in [4.69, 9.17) is 4.74 Å². The molecule has 2 fully saturated rings. The topological polar surface area (TPSA) is 58.6 Å². The Morgan fingerprint density at radius 2 is 1.93 bits per heavy atom. The van der Waals surface area contributed by atoms with Crippen LogP contribution in [0.3, 0.4) is 0 Å². The molecule has 2 heterocycles. The van der Waals surface area contributed by atoms with Crippen LogP contribution in [0.15, 0.2) is 41.8 Å². The largest absolute Gasteiger partial charge is 0.376 e. The van der Waals surface area contributed by atoms with E-state index in [1.807, 2.05) is 34.5 Å². The molecule has 0 spiro atoms. The van der Waals surface area contributed by atoms with Gasteiger partial charge in [0.25, 0.3) is 5.91 Å². The molecule has 2 aliphatic rings. The maximum absolute atomic E-state index is 13.4. The minimum atomic E-state index is -0.0207. The highest BCUT2D eigenvalue weighted by Crippen LogP contribution is 2.25. The summed E-state index contributed by atoms with van der Waals surface area (Å²) in [5.41, 5.74) is 1.30. The number of nitrogens with zero attached hydrogens (tertiary/aromatic N) is 1. The average Bonchev–Trinajstić information content (AvgIpc) is 3.48. The molecule has 5 nitrogen and oxygen atoms in total. The van der Waals surface area contributed by atoms with E-state index in [-0.39, 0.29) is 23.8 Å². The van der Waals surface area contributed by atoms with E-state index in [9.17, 15) is 9.59 Å². The molecule has 30 heavy (non-hydrogen) atoms. The van der Waals surface area contributed by atoms with E-state index in [2.05, 4.69) is 11.4 Å². The second kappa shape index (κ2) is 10.2. The number of carbonyl (C=O) groups excluding carboxylic acids is 2. The summed E-state index contributed by atoms with van der Waals surface area (Å²) in [5, 5.41) is 5.07. The first kappa shape index (κ1) is 21.1. The lowest BCUT2D eigenvalue weighted by molar-refractivity contribution is -0.120. The number of amides is 2. The lowest BCUT2D eigenvalue weighted by Gasteiger charge is -2.25. The SMILES string of the molecule is O=C(Nc1cccc(C(=O)N(Cc2cccs2)CC2CCCO2)c1)C1CCCCC1. The van der Waals surface area contributed by atoms with Crippen LogP contribution in [0.5, 0.6) is 0 Å². The number of carbonyl (C=O) groups is 2. The van der Waals surface area contributed by atoms with Crippen LogP contribution in [-0.2, 0) is 16.1 Å². The Bertz CT molecular complexity index is 840. The third kappa shape index (κ3) is 5.49. The first-order chi connectivity index (χ1) is 14.7. The van der Waals surface area contributed by atoms with Crippen molar-refractivity contribution in [1.29, 1.82) is 0 Å². The zero-order valence-electron chi connectivity index (χ0n) is 17.3. The molecule has 1 aliphatic heterocycles. The summed E-state index contributed by atoms with van der Waals surface area (Å²) in [7, 11) is 0. The van der Waals surface area contributed by atoms with Gasteiger partial charge in [-0.25, -0.2) is 0 Å². The number of anilines is 1. The van der Waals surface area contributed by atoms with Crippen LogP contribution in [0.1, 0.15) is 60.2 Å². The fourth-order valence-corrected chi connectivity index (χ4v) is 5.09. The highest BCUT2D eigenvalue weighted by atomic mass is 32.1. The summed E-state index contributed by atoms with van der Waals surface area (Å²) < 4.78 is 5.78. The Hall–Kier alpha value is -2.18. The van der Waals surface area contributed by atoms with Crippen molar-refractivity contribution >= 4 is 28.8 Å². The van der Waals surface area contributed by atoms with E-state index in [0.717, 1.165) is 50.0 Å². The van der Waals surface area contributed by atoms with Gasteiger partial charge in [0.1, 0.15) is 0 Å². The van der Waals surface area contributed by atoms with E-state index in [1.165, 1.54) is 6.42 Å². The van der Waals surface area contributed by atoms with Gasteiger partial charge >= 0.3 is 0 Å². The molecular formula is C24H30N2O3S. The molecule has 1 aromatic carbocycles. The zero-order chi connectivity index (χ0) is 20.8. The highest BCUT2D eigenvalue weighted by molar-refractivity contribution is 7.09. The monoisotopic (exact) mass is 426 g/mol. The Kier molecular flexibility index (Phi) is 7.18. The average molecular weight is 427 g/mol. The summed E-state index contributed by atoms with van der Waals surface area (Å²) >= 11 is 1.66. The molecule has 1 aliphatic carbocycles. The molecule has 1 saturated heterocycles. The van der Waals surface area contributed by atoms with E-state index in [1.54, 1.807) is 17.4 Å². The number of benzene rings is 1. The Morgan fingerprint density at radius 3 is 2.67 bits per heavy atom. The van der Waals surface area contributed by atoms with Gasteiger partial charge < -0.3 is 15.0 Å². The van der Waals surface area contributed by atoms with Gasteiger partial charge in [0.05, 0.1) is 12.6 Å².